The molecule has 0 unspecified atom stereocenters. The molecule has 5 heteroatoms. The molecule has 3 aromatic carbocycles. The lowest BCUT2D eigenvalue weighted by Crippen LogP contribution is -2.51. The van der Waals surface area contributed by atoms with Gasteiger partial charge in [0.25, 0.3) is 0 Å². The third-order valence-electron chi connectivity index (χ3n) is 5.22. The van der Waals surface area contributed by atoms with Crippen molar-refractivity contribution in [1.82, 2.24) is 9.46 Å². The number of anilines is 4. The van der Waals surface area contributed by atoms with E-state index in [1.807, 2.05) is 6.20 Å². The second-order valence-corrected chi connectivity index (χ2v) is 6.59. The van der Waals surface area contributed by atoms with Crippen molar-refractivity contribution in [2.75, 3.05) is 9.62 Å². The summed E-state index contributed by atoms with van der Waals surface area (Å²) in [7, 11) is 0.00204. The van der Waals surface area contributed by atoms with Crippen molar-refractivity contribution in [2.45, 2.75) is 0 Å². The van der Waals surface area contributed by atoms with E-state index in [0.717, 1.165) is 5.82 Å². The summed E-state index contributed by atoms with van der Waals surface area (Å²) >= 11 is 0. The first kappa shape index (κ1) is 13.8. The number of rotatable bonds is 1. The van der Waals surface area contributed by atoms with Gasteiger partial charge in [-0.1, -0.05) is 42.5 Å². The minimum absolute atomic E-state index is 0.00204. The molecule has 0 bridgehead atoms. The minimum Gasteiger partial charge on any atom is -0.344 e. The van der Waals surface area contributed by atoms with Crippen LogP contribution >= 0.6 is 0 Å². The zero-order chi connectivity index (χ0) is 17.1. The molecule has 0 atom stereocenters. The van der Waals surface area contributed by atoms with Gasteiger partial charge in [-0.3, -0.25) is 0 Å². The Morgan fingerprint density at radius 1 is 0.654 bits per heavy atom. The lowest BCUT2D eigenvalue weighted by atomic mass is 9.82. The Kier molecular flexibility index (Phi) is 2.66. The van der Waals surface area contributed by atoms with Crippen molar-refractivity contribution in [3.8, 4) is 11.4 Å². The molecule has 3 heterocycles. The van der Waals surface area contributed by atoms with Gasteiger partial charge in [0.15, 0.2) is 0 Å². The van der Waals surface area contributed by atoms with Gasteiger partial charge in [-0.05, 0) is 36.4 Å². The molecule has 6 rings (SSSR count). The molecular formula is C21H15BN4. The maximum absolute atomic E-state index is 4.66. The Morgan fingerprint density at radius 2 is 1.31 bits per heavy atom. The second-order valence-electron chi connectivity index (χ2n) is 6.59. The van der Waals surface area contributed by atoms with E-state index in [-0.39, 0.29) is 7.12 Å². The average molecular weight is 334 g/mol. The molecule has 4 nitrogen and oxygen atoms in total. The fourth-order valence-corrected chi connectivity index (χ4v) is 4.18. The first-order valence-corrected chi connectivity index (χ1v) is 8.78. The summed E-state index contributed by atoms with van der Waals surface area (Å²) in [5.74, 6) is 1.01. The largest absolute Gasteiger partial charge is 0.519 e. The van der Waals surface area contributed by atoms with E-state index < -0.39 is 0 Å². The summed E-state index contributed by atoms with van der Waals surface area (Å²) in [5.41, 5.74) is 5.96. The molecule has 0 N–H and O–H groups in total. The fourth-order valence-electron chi connectivity index (χ4n) is 4.18. The first-order chi connectivity index (χ1) is 12.9. The molecule has 122 valence electrons. The first-order valence-electron chi connectivity index (χ1n) is 8.78. The van der Waals surface area contributed by atoms with E-state index in [9.17, 15) is 0 Å². The van der Waals surface area contributed by atoms with Gasteiger partial charge in [-0.25, -0.2) is 4.98 Å². The molecule has 0 aliphatic carbocycles. The number of hydrogen-bond acceptors (Lipinski definition) is 3. The third-order valence-corrected chi connectivity index (χ3v) is 5.22. The summed E-state index contributed by atoms with van der Waals surface area (Å²) in [6.45, 7) is 0. The summed E-state index contributed by atoms with van der Waals surface area (Å²) in [4.78, 5) is 9.45. The molecule has 0 amide bonds. The van der Waals surface area contributed by atoms with Gasteiger partial charge < -0.3 is 14.1 Å². The van der Waals surface area contributed by atoms with Crippen molar-refractivity contribution in [1.29, 1.82) is 0 Å². The number of nitrogens with zero attached hydrogens (tertiary/aromatic N) is 4. The van der Waals surface area contributed by atoms with E-state index in [4.69, 9.17) is 0 Å². The van der Waals surface area contributed by atoms with Gasteiger partial charge in [0.2, 0.25) is 0 Å². The lowest BCUT2D eigenvalue weighted by molar-refractivity contribution is 1.09. The van der Waals surface area contributed by atoms with Crippen LogP contribution in [0.2, 0.25) is 0 Å². The highest BCUT2D eigenvalue weighted by Crippen LogP contribution is 2.50. The normalized spacial score (nSPS) is 13.9. The molecule has 1 aromatic heterocycles. The van der Waals surface area contributed by atoms with Gasteiger partial charge in [-0.15, -0.1) is 0 Å². The fraction of sp³-hybridized carbons (Fsp3) is 0. The Hall–Kier alpha value is -3.47. The molecule has 0 saturated carbocycles. The number of aromatic nitrogens is 2. The third kappa shape index (κ3) is 1.67. The monoisotopic (exact) mass is 334 g/mol. The zero-order valence-electron chi connectivity index (χ0n) is 14.0. The molecule has 0 saturated heterocycles. The van der Waals surface area contributed by atoms with Crippen molar-refractivity contribution < 1.29 is 0 Å². The standard InChI is InChI=1S/C21H15BN4/c1-2-8-16(9-3-1)25-19-12-6-7-13-20(19)26-18-11-5-4-10-17(18)21-23-14-15-24(21)22(25)26/h1-15H. The SMILES string of the molecule is c1ccc(N2B3N(c4ccccc4-c4nccn43)c3ccccc32)cc1. The van der Waals surface area contributed by atoms with Crippen LogP contribution in [-0.2, 0) is 0 Å². The van der Waals surface area contributed by atoms with E-state index >= 15 is 0 Å². The quantitative estimate of drug-likeness (QED) is 0.472. The highest BCUT2D eigenvalue weighted by molar-refractivity contribution is 6.73. The van der Waals surface area contributed by atoms with E-state index in [2.05, 4.69) is 104 Å². The Bertz CT molecular complexity index is 1100. The van der Waals surface area contributed by atoms with Crippen LogP contribution in [0.25, 0.3) is 11.4 Å². The lowest BCUT2D eigenvalue weighted by Gasteiger charge is -2.35. The van der Waals surface area contributed by atoms with Crippen molar-refractivity contribution in [2.24, 2.45) is 0 Å². The van der Waals surface area contributed by atoms with E-state index in [0.29, 0.717) is 0 Å². The Morgan fingerprint density at radius 3 is 2.12 bits per heavy atom. The Labute approximate surface area is 152 Å². The minimum atomic E-state index is 0.00204. The van der Waals surface area contributed by atoms with Crippen LogP contribution in [0.3, 0.4) is 0 Å². The van der Waals surface area contributed by atoms with E-state index in [1.54, 1.807) is 0 Å². The molecule has 4 aromatic rings. The highest BCUT2D eigenvalue weighted by Gasteiger charge is 2.48. The number of benzene rings is 3. The van der Waals surface area contributed by atoms with Crippen molar-refractivity contribution in [3.05, 3.63) is 91.3 Å². The second kappa shape index (κ2) is 5.02. The number of fused-ring (bicyclic) bond motifs is 8. The average Bonchev–Trinajstić information content (AvgIpc) is 3.32. The van der Waals surface area contributed by atoms with Crippen LogP contribution in [0, 0.1) is 0 Å². The van der Waals surface area contributed by atoms with Crippen LogP contribution in [-0.4, -0.2) is 16.6 Å². The molecule has 0 fully saturated rings. The summed E-state index contributed by atoms with van der Waals surface area (Å²) in [6, 6.07) is 27.7. The Balaban J connectivity index is 1.69. The van der Waals surface area contributed by atoms with Crippen molar-refractivity contribution in [3.63, 3.8) is 0 Å². The van der Waals surface area contributed by atoms with Gasteiger partial charge >= 0.3 is 7.12 Å². The van der Waals surface area contributed by atoms with Crippen molar-refractivity contribution >= 4 is 29.9 Å². The summed E-state index contributed by atoms with van der Waals surface area (Å²) < 4.78 is 2.26. The summed E-state index contributed by atoms with van der Waals surface area (Å²) in [6.07, 6.45) is 3.96. The maximum Gasteiger partial charge on any atom is 0.519 e. The molecule has 0 spiro atoms. The molecule has 26 heavy (non-hydrogen) atoms. The number of hydrogen-bond donors (Lipinski definition) is 0. The number of imidazole rings is 1. The van der Waals surface area contributed by atoms with Gasteiger partial charge in [-0.2, -0.15) is 0 Å². The van der Waals surface area contributed by atoms with Crippen LogP contribution in [0.1, 0.15) is 0 Å². The van der Waals surface area contributed by atoms with Gasteiger partial charge in [0, 0.05) is 29.3 Å². The number of para-hydroxylation sites is 4. The predicted octanol–water partition coefficient (Wildman–Crippen LogP) is 4.69. The van der Waals surface area contributed by atoms with Crippen LogP contribution in [0.5, 0.6) is 0 Å². The van der Waals surface area contributed by atoms with Crippen LogP contribution < -0.4 is 9.62 Å². The van der Waals surface area contributed by atoms with Crippen LogP contribution in [0.4, 0.5) is 22.7 Å². The topological polar surface area (TPSA) is 24.3 Å². The smallest absolute Gasteiger partial charge is 0.344 e. The highest BCUT2D eigenvalue weighted by atomic mass is 15.4. The molecule has 0 radical (unpaired) electrons. The molecule has 2 aliphatic heterocycles. The zero-order valence-corrected chi connectivity index (χ0v) is 14.0. The predicted molar refractivity (Wildman–Crippen MR) is 106 cm³/mol. The molecule has 2 aliphatic rings. The maximum atomic E-state index is 4.66. The van der Waals surface area contributed by atoms with Crippen LogP contribution in [0.15, 0.2) is 91.3 Å². The summed E-state index contributed by atoms with van der Waals surface area (Å²) in [5, 5.41) is 0. The molecular weight excluding hydrogens is 319 g/mol. The van der Waals surface area contributed by atoms with Gasteiger partial charge in [0.1, 0.15) is 5.82 Å². The van der Waals surface area contributed by atoms with Gasteiger partial charge in [0.05, 0.1) is 11.4 Å². The van der Waals surface area contributed by atoms with E-state index in [1.165, 1.54) is 28.3 Å².